The summed E-state index contributed by atoms with van der Waals surface area (Å²) in [5.41, 5.74) is 0.784. The van der Waals surface area contributed by atoms with Crippen LogP contribution in [0.15, 0.2) is 36.8 Å². The summed E-state index contributed by atoms with van der Waals surface area (Å²) in [6.45, 7) is -2.39. The van der Waals surface area contributed by atoms with Gasteiger partial charge in [0.05, 0.1) is 17.1 Å². The van der Waals surface area contributed by atoms with Gasteiger partial charge in [-0.25, -0.2) is 4.98 Å². The van der Waals surface area contributed by atoms with Gasteiger partial charge in [0.1, 0.15) is 5.82 Å². The second-order valence-corrected chi connectivity index (χ2v) is 5.14. The first-order valence-electron chi connectivity index (χ1n) is 5.80. The Labute approximate surface area is 123 Å². The highest BCUT2D eigenvalue weighted by Crippen LogP contribution is 2.29. The van der Waals surface area contributed by atoms with Crippen LogP contribution in [0.5, 0.6) is 0 Å². The summed E-state index contributed by atoms with van der Waals surface area (Å²) in [5.74, 6) is 0.272. The summed E-state index contributed by atoms with van der Waals surface area (Å²) in [4.78, 5) is 3.96. The third-order valence-electron chi connectivity index (χ3n) is 3.07. The van der Waals surface area contributed by atoms with Crippen molar-refractivity contribution >= 4 is 34.1 Å². The minimum absolute atomic E-state index is 0.220. The van der Waals surface area contributed by atoms with Crippen molar-refractivity contribution in [2.24, 2.45) is 0 Å². The first-order chi connectivity index (χ1) is 9.56. The Morgan fingerprint density at radius 1 is 1.20 bits per heavy atom. The monoisotopic (exact) mass is 315 g/mol. The molecule has 0 saturated carbocycles. The van der Waals surface area contributed by atoms with E-state index in [1.165, 1.54) is 12.4 Å². The van der Waals surface area contributed by atoms with E-state index < -0.39 is 6.55 Å². The molecule has 0 saturated heterocycles. The lowest BCUT2D eigenvalue weighted by Crippen LogP contribution is -2.08. The number of hydrogen-bond acceptors (Lipinski definition) is 1. The molecular weight excluding hydrogens is 307 g/mol. The lowest BCUT2D eigenvalue weighted by atomic mass is 10.2. The summed E-state index contributed by atoms with van der Waals surface area (Å²) in [6, 6.07) is 5.22. The predicted octanol–water partition coefficient (Wildman–Crippen LogP) is 4.59. The van der Waals surface area contributed by atoms with Crippen LogP contribution in [0.3, 0.4) is 0 Å². The highest BCUT2D eigenvalue weighted by Gasteiger charge is 2.13. The molecule has 0 amide bonds. The van der Waals surface area contributed by atoms with Crippen LogP contribution in [0.2, 0.25) is 10.0 Å². The molecule has 1 aromatic carbocycles. The molecule has 20 heavy (non-hydrogen) atoms. The van der Waals surface area contributed by atoms with Crippen LogP contribution >= 0.6 is 23.2 Å². The molecule has 0 unspecified atom stereocenters. The lowest BCUT2D eigenvalue weighted by Gasteiger charge is -2.09. The molecule has 0 aliphatic heterocycles. The van der Waals surface area contributed by atoms with Gasteiger partial charge >= 0.3 is 6.55 Å². The number of rotatable bonds is 3. The summed E-state index contributed by atoms with van der Waals surface area (Å²) in [7, 11) is 0. The van der Waals surface area contributed by atoms with E-state index in [2.05, 4.69) is 4.98 Å². The van der Waals surface area contributed by atoms with Crippen molar-refractivity contribution in [2.45, 2.75) is 13.1 Å². The van der Waals surface area contributed by atoms with Crippen molar-refractivity contribution in [1.29, 1.82) is 0 Å². The zero-order chi connectivity index (χ0) is 14.3. The van der Waals surface area contributed by atoms with Gasteiger partial charge in [-0.15, -0.1) is 0 Å². The number of alkyl halides is 2. The maximum Gasteiger partial charge on any atom is 0.319 e. The molecule has 3 nitrogen and oxygen atoms in total. The third kappa shape index (κ3) is 2.27. The van der Waals surface area contributed by atoms with Crippen molar-refractivity contribution in [1.82, 2.24) is 14.1 Å². The van der Waals surface area contributed by atoms with E-state index in [1.54, 1.807) is 22.9 Å². The van der Waals surface area contributed by atoms with Gasteiger partial charge in [-0.1, -0.05) is 23.2 Å². The van der Waals surface area contributed by atoms with Gasteiger partial charge in [-0.2, -0.15) is 8.78 Å². The average Bonchev–Trinajstić information content (AvgIpc) is 2.97. The molecule has 0 aliphatic rings. The molecule has 0 N–H and O–H groups in total. The number of fused-ring (bicyclic) bond motifs is 1. The normalized spacial score (nSPS) is 11.7. The minimum Gasteiger partial charge on any atom is -0.340 e. The van der Waals surface area contributed by atoms with Gasteiger partial charge in [0.2, 0.25) is 0 Å². The number of aromatic nitrogens is 3. The lowest BCUT2D eigenvalue weighted by molar-refractivity contribution is 0.0667. The van der Waals surface area contributed by atoms with Crippen LogP contribution in [0, 0.1) is 0 Å². The van der Waals surface area contributed by atoms with Crippen molar-refractivity contribution < 1.29 is 8.78 Å². The Kier molecular flexibility index (Phi) is 3.40. The molecule has 0 atom stereocenters. The highest BCUT2D eigenvalue weighted by molar-refractivity contribution is 6.38. The maximum atomic E-state index is 12.8. The van der Waals surface area contributed by atoms with Crippen molar-refractivity contribution in [3.63, 3.8) is 0 Å². The summed E-state index contributed by atoms with van der Waals surface area (Å²) in [5, 5.41) is 1.86. The summed E-state index contributed by atoms with van der Waals surface area (Å²) < 4.78 is 28.2. The molecule has 0 aliphatic carbocycles. The topological polar surface area (TPSA) is 22.8 Å². The van der Waals surface area contributed by atoms with Crippen LogP contribution in [0.4, 0.5) is 8.78 Å². The molecule has 0 fully saturated rings. The third-order valence-corrected chi connectivity index (χ3v) is 3.60. The average molecular weight is 316 g/mol. The zero-order valence-corrected chi connectivity index (χ0v) is 11.6. The molecule has 3 aromatic rings. The molecule has 0 bridgehead atoms. The number of benzene rings is 1. The second-order valence-electron chi connectivity index (χ2n) is 4.29. The van der Waals surface area contributed by atoms with Crippen molar-refractivity contribution in [3.05, 3.63) is 52.7 Å². The highest BCUT2D eigenvalue weighted by atomic mass is 35.5. The first-order valence-corrected chi connectivity index (χ1v) is 6.55. The van der Waals surface area contributed by atoms with Crippen LogP contribution in [0.25, 0.3) is 10.9 Å². The van der Waals surface area contributed by atoms with Crippen molar-refractivity contribution in [2.75, 3.05) is 0 Å². The Hall–Kier alpha value is -1.59. The molecular formula is C13H9Cl2F2N3. The molecule has 3 rings (SSSR count). The zero-order valence-electron chi connectivity index (χ0n) is 10.1. The van der Waals surface area contributed by atoms with E-state index in [0.29, 0.717) is 10.0 Å². The summed E-state index contributed by atoms with van der Waals surface area (Å²) >= 11 is 12.1. The SMILES string of the molecule is FC(F)n1ccnc1Cn1ccc2c(Cl)cc(Cl)cc21. The smallest absolute Gasteiger partial charge is 0.319 e. The molecule has 2 heterocycles. The molecule has 0 spiro atoms. The standard InChI is InChI=1S/C13H9Cl2F2N3/c14-8-5-10(15)9-1-3-19(11(9)6-8)7-12-18-2-4-20(12)13(16)17/h1-6,13H,7H2. The van der Waals surface area contributed by atoms with Crippen molar-refractivity contribution in [3.8, 4) is 0 Å². The fourth-order valence-corrected chi connectivity index (χ4v) is 2.70. The van der Waals surface area contributed by atoms with Crippen LogP contribution in [-0.4, -0.2) is 14.1 Å². The van der Waals surface area contributed by atoms with E-state index in [9.17, 15) is 8.78 Å². The van der Waals surface area contributed by atoms with E-state index in [4.69, 9.17) is 23.2 Å². The molecule has 0 radical (unpaired) electrons. The van der Waals surface area contributed by atoms with Crippen LogP contribution < -0.4 is 0 Å². The predicted molar refractivity (Wildman–Crippen MR) is 74.5 cm³/mol. The molecule has 2 aromatic heterocycles. The van der Waals surface area contributed by atoms with E-state index >= 15 is 0 Å². The van der Waals surface area contributed by atoms with Gasteiger partial charge < -0.3 is 4.57 Å². The Balaban J connectivity index is 2.05. The van der Waals surface area contributed by atoms with Gasteiger partial charge in [0.15, 0.2) is 0 Å². The fraction of sp³-hybridized carbons (Fsp3) is 0.154. The Morgan fingerprint density at radius 3 is 2.75 bits per heavy atom. The Morgan fingerprint density at radius 2 is 2.00 bits per heavy atom. The van der Waals surface area contributed by atoms with Gasteiger partial charge in [0, 0.05) is 29.0 Å². The van der Waals surface area contributed by atoms with E-state index in [1.807, 2.05) is 6.07 Å². The number of hydrogen-bond donors (Lipinski definition) is 0. The van der Waals surface area contributed by atoms with E-state index in [0.717, 1.165) is 15.5 Å². The second kappa shape index (κ2) is 5.07. The van der Waals surface area contributed by atoms with Gasteiger partial charge in [-0.05, 0) is 18.2 Å². The maximum absolute atomic E-state index is 12.8. The van der Waals surface area contributed by atoms with Gasteiger partial charge in [0.25, 0.3) is 0 Å². The molecule has 7 heteroatoms. The fourth-order valence-electron chi connectivity index (χ4n) is 2.15. The first kappa shape index (κ1) is 13.4. The van der Waals surface area contributed by atoms with Crippen LogP contribution in [-0.2, 0) is 6.54 Å². The Bertz CT molecular complexity index is 764. The molecule has 104 valence electrons. The van der Waals surface area contributed by atoms with E-state index in [-0.39, 0.29) is 12.4 Å². The van der Waals surface area contributed by atoms with Crippen LogP contribution in [0.1, 0.15) is 12.4 Å². The summed E-state index contributed by atoms with van der Waals surface area (Å²) in [6.07, 6.45) is 4.39. The minimum atomic E-state index is -2.61. The number of halogens is 4. The number of nitrogens with zero attached hydrogens (tertiary/aromatic N) is 3. The quantitative estimate of drug-likeness (QED) is 0.693. The largest absolute Gasteiger partial charge is 0.340 e. The van der Waals surface area contributed by atoms with Gasteiger partial charge in [-0.3, -0.25) is 4.57 Å². The number of imidazole rings is 1.